The number of fused-ring (bicyclic) bond motifs is 1. The van der Waals surface area contributed by atoms with Gasteiger partial charge in [0.15, 0.2) is 6.23 Å². The third kappa shape index (κ3) is 2.10. The molecule has 0 amide bonds. The van der Waals surface area contributed by atoms with Gasteiger partial charge in [0.25, 0.3) is 0 Å². The molecule has 0 saturated carbocycles. The van der Waals surface area contributed by atoms with Crippen molar-refractivity contribution in [3.63, 3.8) is 0 Å². The Morgan fingerprint density at radius 2 is 1.75 bits per heavy atom. The van der Waals surface area contributed by atoms with Crippen molar-refractivity contribution >= 4 is 16.7 Å². The number of carbonyl (C=O) groups is 1. The number of aliphatic hydroxyl groups excluding tert-OH is 1. The van der Waals surface area contributed by atoms with E-state index in [0.29, 0.717) is 0 Å². The zero-order valence-corrected chi connectivity index (χ0v) is 10.5. The quantitative estimate of drug-likeness (QED) is 0.742. The number of aliphatic hydroxyl groups is 1. The molecule has 1 N–H and O–H groups in total. The molecule has 0 bridgehead atoms. The Bertz CT molecular complexity index is 762. The molecule has 4 heteroatoms. The van der Waals surface area contributed by atoms with Crippen LogP contribution in [0, 0.1) is 5.82 Å². The summed E-state index contributed by atoms with van der Waals surface area (Å²) in [4.78, 5) is 12.2. The molecule has 3 rings (SSSR count). The number of hydrogen-bond donors (Lipinski definition) is 1. The van der Waals surface area contributed by atoms with Crippen LogP contribution in [-0.2, 0) is 0 Å². The monoisotopic (exact) mass is 269 g/mol. The zero-order chi connectivity index (χ0) is 14.1. The number of Topliss-reactive ketones (excluding diaryl/α,β-unsaturated/α-hetero) is 1. The van der Waals surface area contributed by atoms with E-state index < -0.39 is 17.8 Å². The minimum absolute atomic E-state index is 0.275. The van der Waals surface area contributed by atoms with Crippen LogP contribution in [0.4, 0.5) is 4.39 Å². The molecule has 2 aromatic carbocycles. The normalized spacial score (nSPS) is 12.5. The minimum atomic E-state index is -1.32. The van der Waals surface area contributed by atoms with Gasteiger partial charge in [-0.3, -0.25) is 4.79 Å². The SMILES string of the molecule is O=C(c1ccc(F)cc1)C(O)n1ccc2ccccc21. The summed E-state index contributed by atoms with van der Waals surface area (Å²) in [5.74, 6) is -0.881. The Labute approximate surface area is 114 Å². The zero-order valence-electron chi connectivity index (χ0n) is 10.5. The van der Waals surface area contributed by atoms with Crippen LogP contribution in [0.5, 0.6) is 0 Å². The first-order valence-electron chi connectivity index (χ1n) is 6.20. The fraction of sp³-hybridized carbons (Fsp3) is 0.0625. The Balaban J connectivity index is 1.97. The molecule has 0 aliphatic rings. The van der Waals surface area contributed by atoms with E-state index in [0.717, 1.165) is 10.9 Å². The van der Waals surface area contributed by atoms with E-state index in [4.69, 9.17) is 0 Å². The highest BCUT2D eigenvalue weighted by molar-refractivity contribution is 5.99. The van der Waals surface area contributed by atoms with Gasteiger partial charge in [0.05, 0.1) is 5.52 Å². The molecule has 0 aliphatic carbocycles. The second kappa shape index (κ2) is 4.90. The molecule has 1 atom stereocenters. The van der Waals surface area contributed by atoms with E-state index in [1.807, 2.05) is 30.3 Å². The van der Waals surface area contributed by atoms with Gasteiger partial charge < -0.3 is 9.67 Å². The van der Waals surface area contributed by atoms with Crippen molar-refractivity contribution in [3.05, 3.63) is 72.2 Å². The summed E-state index contributed by atoms with van der Waals surface area (Å²) in [6.45, 7) is 0. The van der Waals surface area contributed by atoms with Crippen LogP contribution >= 0.6 is 0 Å². The second-order valence-corrected chi connectivity index (χ2v) is 4.53. The molecule has 1 aromatic heterocycles. The lowest BCUT2D eigenvalue weighted by Gasteiger charge is -2.13. The van der Waals surface area contributed by atoms with E-state index in [9.17, 15) is 14.3 Å². The molecule has 1 heterocycles. The Morgan fingerprint density at radius 1 is 1.05 bits per heavy atom. The first-order valence-corrected chi connectivity index (χ1v) is 6.20. The Kier molecular flexibility index (Phi) is 3.08. The van der Waals surface area contributed by atoms with E-state index in [-0.39, 0.29) is 5.56 Å². The Hall–Kier alpha value is -2.46. The first kappa shape index (κ1) is 12.6. The van der Waals surface area contributed by atoms with E-state index >= 15 is 0 Å². The number of nitrogens with zero attached hydrogens (tertiary/aromatic N) is 1. The predicted molar refractivity (Wildman–Crippen MR) is 73.9 cm³/mol. The van der Waals surface area contributed by atoms with Crippen molar-refractivity contribution < 1.29 is 14.3 Å². The van der Waals surface area contributed by atoms with Crippen LogP contribution in [0.2, 0.25) is 0 Å². The molecule has 100 valence electrons. The van der Waals surface area contributed by atoms with Crippen molar-refractivity contribution in [2.45, 2.75) is 6.23 Å². The predicted octanol–water partition coefficient (Wildman–Crippen LogP) is 3.15. The van der Waals surface area contributed by atoms with Crippen molar-refractivity contribution in [3.8, 4) is 0 Å². The van der Waals surface area contributed by atoms with Crippen LogP contribution in [0.15, 0.2) is 60.8 Å². The number of ketones is 1. The van der Waals surface area contributed by atoms with Gasteiger partial charge in [-0.1, -0.05) is 18.2 Å². The third-order valence-electron chi connectivity index (χ3n) is 3.26. The fourth-order valence-corrected chi connectivity index (χ4v) is 2.21. The summed E-state index contributed by atoms with van der Waals surface area (Å²) >= 11 is 0. The smallest absolute Gasteiger partial charge is 0.212 e. The number of aromatic nitrogens is 1. The van der Waals surface area contributed by atoms with Crippen LogP contribution < -0.4 is 0 Å². The van der Waals surface area contributed by atoms with Crippen molar-refractivity contribution in [1.82, 2.24) is 4.57 Å². The van der Waals surface area contributed by atoms with Crippen molar-refractivity contribution in [2.75, 3.05) is 0 Å². The number of carbonyl (C=O) groups excluding carboxylic acids is 1. The molecule has 20 heavy (non-hydrogen) atoms. The third-order valence-corrected chi connectivity index (χ3v) is 3.26. The molecule has 0 saturated heterocycles. The molecule has 0 fully saturated rings. The van der Waals surface area contributed by atoms with Gasteiger partial charge in [-0.2, -0.15) is 0 Å². The maximum absolute atomic E-state index is 12.9. The van der Waals surface area contributed by atoms with E-state index in [1.54, 1.807) is 6.20 Å². The van der Waals surface area contributed by atoms with Crippen LogP contribution in [0.1, 0.15) is 16.6 Å². The topological polar surface area (TPSA) is 42.2 Å². The Morgan fingerprint density at radius 3 is 2.50 bits per heavy atom. The summed E-state index contributed by atoms with van der Waals surface area (Å²) in [6.07, 6.45) is 0.344. The highest BCUT2D eigenvalue weighted by atomic mass is 19.1. The lowest BCUT2D eigenvalue weighted by molar-refractivity contribution is 0.0588. The number of benzene rings is 2. The van der Waals surface area contributed by atoms with Crippen molar-refractivity contribution in [2.24, 2.45) is 0 Å². The van der Waals surface area contributed by atoms with Gasteiger partial charge in [0.1, 0.15) is 5.82 Å². The van der Waals surface area contributed by atoms with Gasteiger partial charge in [-0.15, -0.1) is 0 Å². The van der Waals surface area contributed by atoms with E-state index in [1.165, 1.54) is 28.8 Å². The average molecular weight is 269 g/mol. The van der Waals surface area contributed by atoms with Gasteiger partial charge in [0.2, 0.25) is 5.78 Å². The number of rotatable bonds is 3. The van der Waals surface area contributed by atoms with Crippen LogP contribution in [0.3, 0.4) is 0 Å². The highest BCUT2D eigenvalue weighted by Gasteiger charge is 2.20. The molecule has 0 spiro atoms. The molecule has 3 nitrogen and oxygen atoms in total. The molecule has 0 aliphatic heterocycles. The maximum Gasteiger partial charge on any atom is 0.212 e. The minimum Gasteiger partial charge on any atom is -0.366 e. The lowest BCUT2D eigenvalue weighted by Crippen LogP contribution is -2.18. The van der Waals surface area contributed by atoms with Crippen molar-refractivity contribution in [1.29, 1.82) is 0 Å². The number of hydrogen-bond acceptors (Lipinski definition) is 2. The summed E-state index contributed by atoms with van der Waals surface area (Å²) < 4.78 is 14.4. The largest absolute Gasteiger partial charge is 0.366 e. The maximum atomic E-state index is 12.9. The number of halogens is 1. The molecule has 1 unspecified atom stereocenters. The second-order valence-electron chi connectivity index (χ2n) is 4.53. The highest BCUT2D eigenvalue weighted by Crippen LogP contribution is 2.21. The van der Waals surface area contributed by atoms with Crippen LogP contribution in [0.25, 0.3) is 10.9 Å². The first-order chi connectivity index (χ1) is 9.66. The van der Waals surface area contributed by atoms with E-state index in [2.05, 4.69) is 0 Å². The molecule has 3 aromatic rings. The van der Waals surface area contributed by atoms with Gasteiger partial charge in [-0.25, -0.2) is 4.39 Å². The standard InChI is InChI=1S/C16H12FNO2/c17-13-7-5-12(6-8-13)15(19)16(20)18-10-9-11-3-1-2-4-14(11)18/h1-10,16,20H. The lowest BCUT2D eigenvalue weighted by atomic mass is 10.1. The van der Waals surface area contributed by atoms with Gasteiger partial charge >= 0.3 is 0 Å². The van der Waals surface area contributed by atoms with Crippen LogP contribution in [-0.4, -0.2) is 15.5 Å². The molecule has 0 radical (unpaired) electrons. The average Bonchev–Trinajstić information content (AvgIpc) is 2.90. The van der Waals surface area contributed by atoms with Gasteiger partial charge in [-0.05, 0) is 41.8 Å². The summed E-state index contributed by atoms with van der Waals surface area (Å²) in [5, 5.41) is 11.2. The summed E-state index contributed by atoms with van der Waals surface area (Å²) in [6, 6.07) is 14.4. The van der Waals surface area contributed by atoms with Gasteiger partial charge in [0, 0.05) is 11.8 Å². The molecular weight excluding hydrogens is 257 g/mol. The molecular formula is C16H12FNO2. The summed E-state index contributed by atoms with van der Waals surface area (Å²) in [7, 11) is 0. The number of para-hydroxylation sites is 1. The summed E-state index contributed by atoms with van der Waals surface area (Å²) in [5.41, 5.74) is 1.05. The fourth-order valence-electron chi connectivity index (χ4n) is 2.21.